The highest BCUT2D eigenvalue weighted by atomic mass is 16.5. The van der Waals surface area contributed by atoms with Crippen LogP contribution in [0.25, 0.3) is 0 Å². The summed E-state index contributed by atoms with van der Waals surface area (Å²) < 4.78 is 5.11. The fourth-order valence-electron chi connectivity index (χ4n) is 1.44. The number of para-hydroxylation sites is 2. The molecular weight excluding hydrogens is 258 g/mol. The van der Waals surface area contributed by atoms with Crippen LogP contribution in [0.15, 0.2) is 36.0 Å². The van der Waals surface area contributed by atoms with Gasteiger partial charge < -0.3 is 20.5 Å². The number of aliphatic hydroxyl groups is 1. The van der Waals surface area contributed by atoms with Crippen LogP contribution in [0.3, 0.4) is 0 Å². The second kappa shape index (κ2) is 8.56. The third kappa shape index (κ3) is 4.63. The summed E-state index contributed by atoms with van der Waals surface area (Å²) in [5.41, 5.74) is 0.449. The number of aliphatic hydroxyl groups excluding tert-OH is 1. The summed E-state index contributed by atoms with van der Waals surface area (Å²) in [5, 5.41) is 23.0. The van der Waals surface area contributed by atoms with Crippen molar-refractivity contribution in [3.8, 4) is 11.8 Å². The normalized spacial score (nSPS) is 10.6. The summed E-state index contributed by atoms with van der Waals surface area (Å²) >= 11 is 0. The molecule has 0 saturated heterocycles. The molecule has 0 fully saturated rings. The monoisotopic (exact) mass is 275 g/mol. The minimum Gasteiger partial charge on any atom is -0.495 e. The molecule has 0 aliphatic heterocycles. The van der Waals surface area contributed by atoms with E-state index >= 15 is 0 Å². The first kappa shape index (κ1) is 15.5. The van der Waals surface area contributed by atoms with E-state index in [0.717, 1.165) is 0 Å². The molecule has 6 heteroatoms. The van der Waals surface area contributed by atoms with E-state index in [1.807, 2.05) is 6.07 Å². The molecule has 6 nitrogen and oxygen atoms in total. The molecule has 0 aliphatic carbocycles. The Kier molecular flexibility index (Phi) is 6.65. The van der Waals surface area contributed by atoms with Gasteiger partial charge in [0, 0.05) is 19.4 Å². The van der Waals surface area contributed by atoms with Gasteiger partial charge in [0.05, 0.1) is 12.8 Å². The first-order chi connectivity index (χ1) is 9.72. The van der Waals surface area contributed by atoms with E-state index in [0.29, 0.717) is 24.4 Å². The molecule has 1 aromatic carbocycles. The topological polar surface area (TPSA) is 94.4 Å². The Bertz CT molecular complexity index is 521. The third-order valence-electron chi connectivity index (χ3n) is 2.45. The van der Waals surface area contributed by atoms with Crippen molar-refractivity contribution in [2.24, 2.45) is 0 Å². The summed E-state index contributed by atoms with van der Waals surface area (Å²) in [6, 6.07) is 8.76. The van der Waals surface area contributed by atoms with Crippen LogP contribution in [0, 0.1) is 11.3 Å². The lowest BCUT2D eigenvalue weighted by Crippen LogP contribution is -2.18. The van der Waals surface area contributed by atoms with E-state index in [1.54, 1.807) is 24.3 Å². The molecule has 0 spiro atoms. The molecule has 1 aromatic rings. The average Bonchev–Trinajstić information content (AvgIpc) is 2.48. The molecule has 0 bridgehead atoms. The van der Waals surface area contributed by atoms with E-state index in [4.69, 9.17) is 15.1 Å². The number of methoxy groups -OCH3 is 1. The van der Waals surface area contributed by atoms with Crippen molar-refractivity contribution in [2.75, 3.05) is 25.6 Å². The van der Waals surface area contributed by atoms with Gasteiger partial charge in [-0.25, -0.2) is 0 Å². The van der Waals surface area contributed by atoms with Gasteiger partial charge in [0.1, 0.15) is 17.4 Å². The van der Waals surface area contributed by atoms with Gasteiger partial charge in [0.2, 0.25) is 0 Å². The highest BCUT2D eigenvalue weighted by Gasteiger charge is 2.11. The lowest BCUT2D eigenvalue weighted by Gasteiger charge is -2.09. The number of hydrogen-bond acceptors (Lipinski definition) is 5. The maximum atomic E-state index is 11.9. The van der Waals surface area contributed by atoms with Gasteiger partial charge in [-0.1, -0.05) is 12.1 Å². The number of rotatable bonds is 7. The van der Waals surface area contributed by atoms with Crippen LogP contribution < -0.4 is 15.4 Å². The molecule has 0 heterocycles. The standard InChI is InChI=1S/C14H17N3O3/c1-20-13-6-3-2-5-12(13)17-14(19)11(9-15)10-16-7-4-8-18/h2-3,5-6,10,16,18H,4,7-8H2,1H3,(H,17,19)/b11-10-. The van der Waals surface area contributed by atoms with Crippen LogP contribution in [-0.4, -0.2) is 31.3 Å². The molecule has 3 N–H and O–H groups in total. The predicted octanol–water partition coefficient (Wildman–Crippen LogP) is 1.01. The third-order valence-corrected chi connectivity index (χ3v) is 2.45. The second-order valence-corrected chi connectivity index (χ2v) is 3.86. The number of ether oxygens (including phenoxy) is 1. The summed E-state index contributed by atoms with van der Waals surface area (Å²) in [6.45, 7) is 0.541. The number of hydrogen-bond donors (Lipinski definition) is 3. The average molecular weight is 275 g/mol. The first-order valence-electron chi connectivity index (χ1n) is 6.11. The summed E-state index contributed by atoms with van der Waals surface area (Å²) in [4.78, 5) is 11.9. The van der Waals surface area contributed by atoms with Crippen LogP contribution in [0.1, 0.15) is 6.42 Å². The Morgan fingerprint density at radius 1 is 1.50 bits per heavy atom. The first-order valence-corrected chi connectivity index (χ1v) is 6.11. The van der Waals surface area contributed by atoms with E-state index in [-0.39, 0.29) is 12.2 Å². The minimum absolute atomic E-state index is 0.0474. The largest absolute Gasteiger partial charge is 0.495 e. The zero-order chi connectivity index (χ0) is 14.8. The molecule has 106 valence electrons. The second-order valence-electron chi connectivity index (χ2n) is 3.86. The van der Waals surface area contributed by atoms with E-state index in [9.17, 15) is 4.79 Å². The Hall–Kier alpha value is -2.52. The molecule has 0 aromatic heterocycles. The quantitative estimate of drug-likeness (QED) is 0.392. The van der Waals surface area contributed by atoms with Gasteiger partial charge in [-0.2, -0.15) is 5.26 Å². The maximum absolute atomic E-state index is 11.9. The Morgan fingerprint density at radius 3 is 2.90 bits per heavy atom. The van der Waals surface area contributed by atoms with Crippen molar-refractivity contribution in [2.45, 2.75) is 6.42 Å². The summed E-state index contributed by atoms with van der Waals surface area (Å²) in [5.74, 6) is -0.000113. The highest BCUT2D eigenvalue weighted by molar-refractivity contribution is 6.07. The van der Waals surface area contributed by atoms with Gasteiger partial charge in [-0.3, -0.25) is 4.79 Å². The molecule has 0 saturated carbocycles. The lowest BCUT2D eigenvalue weighted by molar-refractivity contribution is -0.112. The van der Waals surface area contributed by atoms with Crippen molar-refractivity contribution in [1.29, 1.82) is 5.26 Å². The number of nitrogens with one attached hydrogen (secondary N) is 2. The Balaban J connectivity index is 2.70. The fraction of sp³-hybridized carbons (Fsp3) is 0.286. The molecule has 0 aliphatic rings. The summed E-state index contributed by atoms with van der Waals surface area (Å²) in [7, 11) is 1.50. The molecule has 0 radical (unpaired) electrons. The van der Waals surface area contributed by atoms with Crippen molar-refractivity contribution < 1.29 is 14.6 Å². The number of anilines is 1. The van der Waals surface area contributed by atoms with E-state index in [2.05, 4.69) is 10.6 Å². The Labute approximate surface area is 117 Å². The fourth-order valence-corrected chi connectivity index (χ4v) is 1.44. The van der Waals surface area contributed by atoms with Crippen LogP contribution >= 0.6 is 0 Å². The maximum Gasteiger partial charge on any atom is 0.267 e. The zero-order valence-corrected chi connectivity index (χ0v) is 11.2. The summed E-state index contributed by atoms with van der Waals surface area (Å²) in [6.07, 6.45) is 1.88. The lowest BCUT2D eigenvalue weighted by atomic mass is 10.2. The molecule has 0 atom stereocenters. The van der Waals surface area contributed by atoms with Crippen LogP contribution in [0.5, 0.6) is 5.75 Å². The number of carbonyl (C=O) groups excluding carboxylic acids is 1. The Morgan fingerprint density at radius 2 is 2.25 bits per heavy atom. The smallest absolute Gasteiger partial charge is 0.267 e. The van der Waals surface area contributed by atoms with Crippen molar-refractivity contribution >= 4 is 11.6 Å². The van der Waals surface area contributed by atoms with E-state index in [1.165, 1.54) is 13.3 Å². The van der Waals surface area contributed by atoms with Crippen molar-refractivity contribution in [3.63, 3.8) is 0 Å². The van der Waals surface area contributed by atoms with Crippen LogP contribution in [0.2, 0.25) is 0 Å². The highest BCUT2D eigenvalue weighted by Crippen LogP contribution is 2.23. The molecule has 1 rings (SSSR count). The molecule has 20 heavy (non-hydrogen) atoms. The van der Waals surface area contributed by atoms with Crippen LogP contribution in [-0.2, 0) is 4.79 Å². The molecule has 1 amide bonds. The van der Waals surface area contributed by atoms with Gasteiger partial charge >= 0.3 is 0 Å². The predicted molar refractivity (Wildman–Crippen MR) is 75.0 cm³/mol. The number of carbonyl (C=O) groups is 1. The van der Waals surface area contributed by atoms with Gasteiger partial charge in [0.25, 0.3) is 5.91 Å². The molecule has 0 unspecified atom stereocenters. The number of benzene rings is 1. The number of nitrogens with zero attached hydrogens (tertiary/aromatic N) is 1. The van der Waals surface area contributed by atoms with Crippen molar-refractivity contribution in [1.82, 2.24) is 5.32 Å². The van der Waals surface area contributed by atoms with Gasteiger partial charge in [-0.15, -0.1) is 0 Å². The van der Waals surface area contributed by atoms with E-state index < -0.39 is 5.91 Å². The minimum atomic E-state index is -0.520. The SMILES string of the molecule is COc1ccccc1NC(=O)/C(C#N)=C\NCCCO. The van der Waals surface area contributed by atoms with Gasteiger partial charge in [-0.05, 0) is 18.6 Å². The zero-order valence-electron chi connectivity index (χ0n) is 11.2. The number of amides is 1. The number of nitriles is 1. The molecular formula is C14H17N3O3. The van der Waals surface area contributed by atoms with Crippen LogP contribution in [0.4, 0.5) is 5.69 Å². The van der Waals surface area contributed by atoms with Gasteiger partial charge in [0.15, 0.2) is 0 Å². The van der Waals surface area contributed by atoms with Crippen molar-refractivity contribution in [3.05, 3.63) is 36.0 Å².